The molecule has 1 aromatic carbocycles. The van der Waals surface area contributed by atoms with Crippen LogP contribution in [-0.2, 0) is 10.0 Å². The van der Waals surface area contributed by atoms with Gasteiger partial charge in [0.05, 0.1) is 7.11 Å². The van der Waals surface area contributed by atoms with Gasteiger partial charge in [-0.2, -0.15) is 0 Å². The van der Waals surface area contributed by atoms with E-state index < -0.39 is 10.0 Å². The molecule has 0 unspecified atom stereocenters. The summed E-state index contributed by atoms with van der Waals surface area (Å²) in [7, 11) is -2.15. The minimum Gasteiger partial charge on any atom is -0.495 e. The van der Waals surface area contributed by atoms with Gasteiger partial charge in [0.25, 0.3) is 0 Å². The number of nitrogen functional groups attached to an aromatic ring is 1. The summed E-state index contributed by atoms with van der Waals surface area (Å²) in [4.78, 5) is 0.117. The molecule has 0 aromatic heterocycles. The van der Waals surface area contributed by atoms with Crippen molar-refractivity contribution in [2.75, 3.05) is 12.8 Å². The summed E-state index contributed by atoms with van der Waals surface area (Å²) in [6, 6.07) is 4.43. The Morgan fingerprint density at radius 2 is 2.00 bits per heavy atom. The molecule has 2 rings (SSSR count). The molecule has 3 N–H and O–H groups in total. The highest BCUT2D eigenvalue weighted by molar-refractivity contribution is 7.89. The lowest BCUT2D eigenvalue weighted by atomic mass is 10.3. The van der Waals surface area contributed by atoms with Gasteiger partial charge in [0, 0.05) is 17.8 Å². The minimum atomic E-state index is -3.57. The molecule has 0 bridgehead atoms. The summed E-state index contributed by atoms with van der Waals surface area (Å²) in [6.07, 6.45) is 5.37. The van der Waals surface area contributed by atoms with Gasteiger partial charge in [0.15, 0.2) is 0 Å². The van der Waals surface area contributed by atoms with Crippen molar-refractivity contribution in [3.8, 4) is 5.75 Å². The highest BCUT2D eigenvalue weighted by Gasteiger charge is 2.23. The Kier molecular flexibility index (Phi) is 3.58. The number of hydrogen-bond acceptors (Lipinski definition) is 4. The molecule has 0 spiro atoms. The topological polar surface area (TPSA) is 81.4 Å². The van der Waals surface area contributed by atoms with Crippen molar-refractivity contribution in [1.29, 1.82) is 0 Å². The monoisotopic (exact) mass is 268 g/mol. The number of methoxy groups -OCH3 is 1. The van der Waals surface area contributed by atoms with E-state index >= 15 is 0 Å². The van der Waals surface area contributed by atoms with E-state index in [2.05, 4.69) is 4.72 Å². The van der Waals surface area contributed by atoms with E-state index in [1.165, 1.54) is 19.2 Å². The summed E-state index contributed by atoms with van der Waals surface area (Å²) in [5.41, 5.74) is 6.07. The second-order valence-corrected chi connectivity index (χ2v) is 5.85. The summed E-state index contributed by atoms with van der Waals surface area (Å²) < 4.78 is 32.2. The molecular weight excluding hydrogens is 252 g/mol. The van der Waals surface area contributed by atoms with Crippen LogP contribution in [0, 0.1) is 0 Å². The van der Waals surface area contributed by atoms with Crippen molar-refractivity contribution >= 4 is 15.7 Å². The average molecular weight is 268 g/mol. The van der Waals surface area contributed by atoms with Crippen LogP contribution in [0.4, 0.5) is 5.69 Å². The summed E-state index contributed by atoms with van der Waals surface area (Å²) in [5.74, 6) is 0.258. The lowest BCUT2D eigenvalue weighted by Crippen LogP contribution is -2.33. The Morgan fingerprint density at radius 1 is 1.33 bits per heavy atom. The second-order valence-electron chi connectivity index (χ2n) is 4.17. The summed E-state index contributed by atoms with van der Waals surface area (Å²) in [6.45, 7) is 0. The van der Waals surface area contributed by atoms with E-state index in [9.17, 15) is 8.42 Å². The zero-order valence-electron chi connectivity index (χ0n) is 10.1. The smallest absolute Gasteiger partial charge is 0.244 e. The number of nitrogens with two attached hydrogens (primary N) is 1. The Balaban J connectivity index is 2.28. The van der Waals surface area contributed by atoms with Crippen molar-refractivity contribution in [2.45, 2.75) is 23.8 Å². The maximum atomic E-state index is 12.2. The van der Waals surface area contributed by atoms with Crippen molar-refractivity contribution in [2.24, 2.45) is 0 Å². The molecule has 1 aliphatic rings. The molecule has 98 valence electrons. The number of nitrogens with one attached hydrogen (secondary N) is 1. The van der Waals surface area contributed by atoms with Gasteiger partial charge in [0.2, 0.25) is 10.0 Å². The Morgan fingerprint density at radius 3 is 2.61 bits per heavy atom. The summed E-state index contributed by atoms with van der Waals surface area (Å²) >= 11 is 0. The molecule has 6 heteroatoms. The lowest BCUT2D eigenvalue weighted by molar-refractivity contribution is 0.402. The first kappa shape index (κ1) is 12.9. The lowest BCUT2D eigenvalue weighted by Gasteiger charge is -2.15. The van der Waals surface area contributed by atoms with E-state index in [0.29, 0.717) is 5.69 Å². The van der Waals surface area contributed by atoms with E-state index in [1.807, 2.05) is 12.2 Å². The second kappa shape index (κ2) is 4.99. The molecule has 0 fully saturated rings. The molecule has 0 atom stereocenters. The molecule has 0 aliphatic heterocycles. The van der Waals surface area contributed by atoms with Gasteiger partial charge < -0.3 is 10.5 Å². The largest absolute Gasteiger partial charge is 0.495 e. The highest BCUT2D eigenvalue weighted by Crippen LogP contribution is 2.26. The normalized spacial score (nSPS) is 16.1. The maximum Gasteiger partial charge on any atom is 0.244 e. The minimum absolute atomic E-state index is 0.0720. The molecule has 0 amide bonds. The first-order valence-corrected chi connectivity index (χ1v) is 7.12. The first-order valence-electron chi connectivity index (χ1n) is 5.64. The van der Waals surface area contributed by atoms with Crippen LogP contribution >= 0.6 is 0 Å². The zero-order chi connectivity index (χ0) is 13.2. The Hall–Kier alpha value is -1.53. The first-order chi connectivity index (χ1) is 8.53. The van der Waals surface area contributed by atoms with Crippen molar-refractivity contribution in [1.82, 2.24) is 4.72 Å². The Bertz CT molecular complexity index is 559. The fraction of sp³-hybridized carbons (Fsp3) is 0.333. The third-order valence-corrected chi connectivity index (χ3v) is 4.37. The number of anilines is 1. The quantitative estimate of drug-likeness (QED) is 0.636. The zero-order valence-corrected chi connectivity index (χ0v) is 10.9. The number of benzene rings is 1. The number of sulfonamides is 1. The molecular formula is C12H16N2O3S. The van der Waals surface area contributed by atoms with Crippen LogP contribution in [0.15, 0.2) is 35.2 Å². The predicted molar refractivity (Wildman–Crippen MR) is 69.9 cm³/mol. The molecule has 18 heavy (non-hydrogen) atoms. The molecule has 0 saturated heterocycles. The summed E-state index contributed by atoms with van der Waals surface area (Å²) in [5, 5.41) is 0. The van der Waals surface area contributed by atoms with E-state index in [1.54, 1.807) is 6.07 Å². The SMILES string of the molecule is COc1cc(N)ccc1S(=O)(=O)NC1CC=CC1. The average Bonchev–Trinajstić information content (AvgIpc) is 2.80. The molecule has 1 aromatic rings. The van der Waals surface area contributed by atoms with Crippen LogP contribution in [0.5, 0.6) is 5.75 Å². The number of hydrogen-bond donors (Lipinski definition) is 2. The molecule has 0 radical (unpaired) electrons. The molecule has 1 aliphatic carbocycles. The van der Waals surface area contributed by atoms with Crippen LogP contribution in [-0.4, -0.2) is 21.6 Å². The highest BCUT2D eigenvalue weighted by atomic mass is 32.2. The standard InChI is InChI=1S/C12H16N2O3S/c1-17-11-8-9(13)6-7-12(11)18(15,16)14-10-4-2-3-5-10/h2-3,6-8,10,14H,4-5,13H2,1H3. The van der Waals surface area contributed by atoms with Gasteiger partial charge in [-0.15, -0.1) is 0 Å². The van der Waals surface area contributed by atoms with Gasteiger partial charge >= 0.3 is 0 Å². The van der Waals surface area contributed by atoms with Gasteiger partial charge in [-0.25, -0.2) is 13.1 Å². The number of ether oxygens (including phenoxy) is 1. The van der Waals surface area contributed by atoms with Crippen LogP contribution in [0.1, 0.15) is 12.8 Å². The van der Waals surface area contributed by atoms with Crippen molar-refractivity contribution in [3.63, 3.8) is 0 Å². The third-order valence-electron chi connectivity index (χ3n) is 2.81. The molecule has 0 heterocycles. The fourth-order valence-corrected chi connectivity index (χ4v) is 3.32. The molecule has 0 saturated carbocycles. The van der Waals surface area contributed by atoms with Gasteiger partial charge in [-0.1, -0.05) is 12.2 Å². The molecule has 5 nitrogen and oxygen atoms in total. The van der Waals surface area contributed by atoms with Crippen LogP contribution in [0.25, 0.3) is 0 Å². The van der Waals surface area contributed by atoms with Gasteiger partial charge in [0.1, 0.15) is 10.6 Å². The maximum absolute atomic E-state index is 12.2. The van der Waals surface area contributed by atoms with Gasteiger partial charge in [-0.05, 0) is 25.0 Å². The predicted octanol–water partition coefficient (Wildman–Crippen LogP) is 1.27. The van der Waals surface area contributed by atoms with Crippen LogP contribution in [0.3, 0.4) is 0 Å². The number of rotatable bonds is 4. The van der Waals surface area contributed by atoms with E-state index in [-0.39, 0.29) is 16.7 Å². The van der Waals surface area contributed by atoms with E-state index in [0.717, 1.165) is 12.8 Å². The van der Waals surface area contributed by atoms with Crippen molar-refractivity contribution < 1.29 is 13.2 Å². The van der Waals surface area contributed by atoms with Crippen molar-refractivity contribution in [3.05, 3.63) is 30.4 Å². The third kappa shape index (κ3) is 2.65. The van der Waals surface area contributed by atoms with Crippen LogP contribution in [0.2, 0.25) is 0 Å². The fourth-order valence-electron chi connectivity index (χ4n) is 1.90. The van der Waals surface area contributed by atoms with E-state index in [4.69, 9.17) is 10.5 Å². The Labute approximate surface area is 107 Å². The van der Waals surface area contributed by atoms with Crippen LogP contribution < -0.4 is 15.2 Å². The van der Waals surface area contributed by atoms with Gasteiger partial charge in [-0.3, -0.25) is 0 Å².